The molecular weight excluding hydrogens is 453 g/mol. The predicted octanol–water partition coefficient (Wildman–Crippen LogP) is 6.94. The van der Waals surface area contributed by atoms with Crippen LogP contribution in [0.25, 0.3) is 10.9 Å². The van der Waals surface area contributed by atoms with Crippen LogP contribution in [0.4, 0.5) is 18.9 Å². The molecule has 8 heteroatoms. The van der Waals surface area contributed by atoms with Crippen LogP contribution < -0.4 is 5.32 Å². The number of para-hydroxylation sites is 1. The Morgan fingerprint density at radius 2 is 1.94 bits per heavy atom. The average molecular weight is 479 g/mol. The molecule has 0 saturated carbocycles. The van der Waals surface area contributed by atoms with Crippen LogP contribution in [0.3, 0.4) is 0 Å². The Hall–Kier alpha value is -4.07. The molecule has 0 aliphatic heterocycles. The van der Waals surface area contributed by atoms with Crippen molar-refractivity contribution in [3.05, 3.63) is 95.8 Å². The molecule has 3 rings (SSSR count). The first kappa shape index (κ1) is 25.6. The van der Waals surface area contributed by atoms with Gasteiger partial charge in [0.05, 0.1) is 17.1 Å². The maximum absolute atomic E-state index is 12.8. The Morgan fingerprint density at radius 1 is 1.17 bits per heavy atom. The van der Waals surface area contributed by atoms with E-state index in [9.17, 15) is 18.0 Å². The Kier molecular flexibility index (Phi) is 8.30. The van der Waals surface area contributed by atoms with Gasteiger partial charge in [0.15, 0.2) is 0 Å². The van der Waals surface area contributed by atoms with Gasteiger partial charge in [-0.25, -0.2) is 0 Å². The van der Waals surface area contributed by atoms with E-state index in [0.717, 1.165) is 41.1 Å². The zero-order chi connectivity index (χ0) is 25.4. The first-order valence-corrected chi connectivity index (χ1v) is 11.0. The number of alkyl halides is 3. The number of carbonyl (C=O) groups is 1. The molecule has 0 fully saturated rings. The molecule has 1 aromatic heterocycles. The van der Waals surface area contributed by atoms with Gasteiger partial charge in [0, 0.05) is 35.8 Å². The Morgan fingerprint density at radius 3 is 2.69 bits per heavy atom. The highest BCUT2D eigenvalue weighted by atomic mass is 19.4. The van der Waals surface area contributed by atoms with Crippen molar-refractivity contribution in [1.29, 1.82) is 5.41 Å². The van der Waals surface area contributed by atoms with Gasteiger partial charge in [-0.05, 0) is 60.9 Å². The van der Waals surface area contributed by atoms with Crippen LogP contribution in [-0.4, -0.2) is 22.7 Å². The molecule has 2 N–H and O–H groups in total. The van der Waals surface area contributed by atoms with E-state index in [0.29, 0.717) is 5.57 Å². The summed E-state index contributed by atoms with van der Waals surface area (Å²) < 4.78 is 38.4. The number of benzene rings is 2. The van der Waals surface area contributed by atoms with Crippen LogP contribution in [0.15, 0.2) is 89.7 Å². The lowest BCUT2D eigenvalue weighted by Gasteiger charge is -2.12. The Labute approximate surface area is 201 Å². The number of allylic oxidation sites excluding steroid dienone is 3. The van der Waals surface area contributed by atoms with Crippen molar-refractivity contribution in [2.24, 2.45) is 4.99 Å². The Bertz CT molecular complexity index is 1300. The topological polar surface area (TPSA) is 78.2 Å². The summed E-state index contributed by atoms with van der Waals surface area (Å²) >= 11 is 0. The van der Waals surface area contributed by atoms with E-state index in [2.05, 4.69) is 15.3 Å². The van der Waals surface area contributed by atoms with Gasteiger partial charge in [-0.1, -0.05) is 31.2 Å². The average Bonchev–Trinajstić information content (AvgIpc) is 2.85. The zero-order valence-electron chi connectivity index (χ0n) is 19.3. The fraction of sp³-hybridized carbons (Fsp3) is 0.185. The standard InChI is InChI=1S/C27H25F3N4O/c1-3-23(22-12-15-34-24-10-5-4-9-21(22)24)33-14-11-18(2)26(31)25(35)13-16-32-20-8-6-7-19(17-20)27(28,29)30/h4-17,23,31-32H,3H2,1-2H3/b16-13-,18-11+,31-26?,33-14?. The molecule has 1 unspecified atom stereocenters. The first-order valence-electron chi connectivity index (χ1n) is 11.0. The highest BCUT2D eigenvalue weighted by Gasteiger charge is 2.30. The molecule has 35 heavy (non-hydrogen) atoms. The number of fused-ring (bicyclic) bond motifs is 1. The number of nitrogens with one attached hydrogen (secondary N) is 2. The van der Waals surface area contributed by atoms with Crippen LogP contribution in [0.1, 0.15) is 37.4 Å². The number of pyridine rings is 1. The highest BCUT2D eigenvalue weighted by molar-refractivity contribution is 6.48. The second-order valence-electron chi connectivity index (χ2n) is 7.78. The van der Waals surface area contributed by atoms with Gasteiger partial charge >= 0.3 is 6.18 Å². The fourth-order valence-electron chi connectivity index (χ4n) is 3.43. The van der Waals surface area contributed by atoms with Gasteiger partial charge < -0.3 is 5.32 Å². The summed E-state index contributed by atoms with van der Waals surface area (Å²) in [6.07, 6.45) is 3.57. The largest absolute Gasteiger partial charge is 0.416 e. The Balaban J connectivity index is 1.64. The molecule has 5 nitrogen and oxygen atoms in total. The van der Waals surface area contributed by atoms with Gasteiger partial charge in [-0.15, -0.1) is 0 Å². The van der Waals surface area contributed by atoms with Gasteiger partial charge in [-0.2, -0.15) is 13.2 Å². The molecule has 2 aromatic carbocycles. The number of hydrogen-bond donors (Lipinski definition) is 2. The summed E-state index contributed by atoms with van der Waals surface area (Å²) in [6, 6.07) is 14.3. The molecule has 0 aliphatic rings. The number of hydrogen-bond acceptors (Lipinski definition) is 5. The lowest BCUT2D eigenvalue weighted by Crippen LogP contribution is -2.12. The number of aliphatic imine (C=N–C) groups is 1. The third-order valence-corrected chi connectivity index (χ3v) is 5.33. The number of anilines is 1. The molecule has 0 bridgehead atoms. The molecule has 0 aliphatic carbocycles. The predicted molar refractivity (Wildman–Crippen MR) is 134 cm³/mol. The van der Waals surface area contributed by atoms with Crippen molar-refractivity contribution < 1.29 is 18.0 Å². The minimum atomic E-state index is -4.45. The second kappa shape index (κ2) is 11.4. The molecule has 0 amide bonds. The minimum Gasteiger partial charge on any atom is -0.362 e. The van der Waals surface area contributed by atoms with E-state index < -0.39 is 17.5 Å². The summed E-state index contributed by atoms with van der Waals surface area (Å²) in [4.78, 5) is 21.3. The zero-order valence-corrected chi connectivity index (χ0v) is 19.3. The summed E-state index contributed by atoms with van der Waals surface area (Å²) in [7, 11) is 0. The lowest BCUT2D eigenvalue weighted by atomic mass is 10.0. The molecule has 1 atom stereocenters. The van der Waals surface area contributed by atoms with E-state index in [4.69, 9.17) is 5.41 Å². The fourth-order valence-corrected chi connectivity index (χ4v) is 3.43. The SMILES string of the molecule is CCC(N=C/C=C(\C)C(=N)C(=O)/C=C\Nc1cccc(C(F)(F)F)c1)c1ccnc2ccccc12. The van der Waals surface area contributed by atoms with Crippen LogP contribution in [-0.2, 0) is 11.0 Å². The third-order valence-electron chi connectivity index (χ3n) is 5.33. The second-order valence-corrected chi connectivity index (χ2v) is 7.78. The molecule has 0 radical (unpaired) electrons. The van der Waals surface area contributed by atoms with Gasteiger partial charge in [0.2, 0.25) is 5.78 Å². The van der Waals surface area contributed by atoms with Crippen molar-refractivity contribution in [2.45, 2.75) is 32.5 Å². The summed E-state index contributed by atoms with van der Waals surface area (Å²) in [5.41, 5.74) is 1.51. The van der Waals surface area contributed by atoms with Gasteiger partial charge in [0.25, 0.3) is 0 Å². The van der Waals surface area contributed by atoms with Crippen LogP contribution in [0.5, 0.6) is 0 Å². The maximum Gasteiger partial charge on any atom is 0.416 e. The van der Waals surface area contributed by atoms with E-state index in [1.54, 1.807) is 25.4 Å². The van der Waals surface area contributed by atoms with Crippen molar-refractivity contribution in [3.63, 3.8) is 0 Å². The van der Waals surface area contributed by atoms with Crippen molar-refractivity contribution in [3.8, 4) is 0 Å². The van der Waals surface area contributed by atoms with E-state index in [1.807, 2.05) is 37.3 Å². The van der Waals surface area contributed by atoms with Crippen molar-refractivity contribution in [2.75, 3.05) is 5.32 Å². The van der Waals surface area contributed by atoms with E-state index >= 15 is 0 Å². The highest BCUT2D eigenvalue weighted by Crippen LogP contribution is 2.30. The smallest absolute Gasteiger partial charge is 0.362 e. The molecule has 0 spiro atoms. The molecule has 0 saturated heterocycles. The minimum absolute atomic E-state index is 0.103. The number of aromatic nitrogens is 1. The van der Waals surface area contributed by atoms with Crippen molar-refractivity contribution in [1.82, 2.24) is 4.98 Å². The monoisotopic (exact) mass is 478 g/mol. The number of rotatable bonds is 9. The van der Waals surface area contributed by atoms with Crippen LogP contribution in [0.2, 0.25) is 0 Å². The van der Waals surface area contributed by atoms with Gasteiger partial charge in [0.1, 0.15) is 5.71 Å². The number of ketones is 1. The molecule has 180 valence electrons. The first-order chi connectivity index (χ1) is 16.7. The summed E-state index contributed by atoms with van der Waals surface area (Å²) in [5, 5.41) is 11.7. The molecule has 1 heterocycles. The summed E-state index contributed by atoms with van der Waals surface area (Å²) in [6.45, 7) is 3.66. The normalized spacial score (nSPS) is 13.5. The maximum atomic E-state index is 12.8. The summed E-state index contributed by atoms with van der Waals surface area (Å²) in [5.74, 6) is -0.584. The molecular formula is C27H25F3N4O. The third kappa shape index (κ3) is 6.72. The molecule has 3 aromatic rings. The van der Waals surface area contributed by atoms with Gasteiger partial charge in [-0.3, -0.25) is 20.2 Å². The van der Waals surface area contributed by atoms with E-state index in [-0.39, 0.29) is 17.4 Å². The number of nitrogens with zero attached hydrogens (tertiary/aromatic N) is 2. The number of carbonyl (C=O) groups excluding carboxylic acids is 1. The van der Waals surface area contributed by atoms with Crippen molar-refractivity contribution >= 4 is 34.3 Å². The lowest BCUT2D eigenvalue weighted by molar-refractivity contribution is -0.137. The van der Waals surface area contributed by atoms with Crippen LogP contribution >= 0.6 is 0 Å². The number of halogens is 3. The van der Waals surface area contributed by atoms with E-state index in [1.165, 1.54) is 18.3 Å². The van der Waals surface area contributed by atoms with Crippen LogP contribution in [0, 0.1) is 5.41 Å². The quantitative estimate of drug-likeness (QED) is 0.258.